The number of allylic oxidation sites excluding steroid dienone is 2. The molecular weight excluding hydrogens is 400 g/mol. The summed E-state index contributed by atoms with van der Waals surface area (Å²) in [6.45, 7) is 3.74. The van der Waals surface area contributed by atoms with Crippen LogP contribution in [0.25, 0.3) is 0 Å². The number of carboxylic acid groups (broad SMARTS) is 1. The number of cyclic esters (lactones) is 1. The molecule has 0 spiro atoms. The van der Waals surface area contributed by atoms with Gasteiger partial charge in [0, 0.05) is 17.5 Å². The van der Waals surface area contributed by atoms with E-state index in [2.05, 4.69) is 0 Å². The summed E-state index contributed by atoms with van der Waals surface area (Å²) in [6, 6.07) is 8.49. The summed E-state index contributed by atoms with van der Waals surface area (Å²) in [6.07, 6.45) is 2.56. The second-order valence-corrected chi connectivity index (χ2v) is 7.30. The summed E-state index contributed by atoms with van der Waals surface area (Å²) in [5, 5.41) is 8.90. The van der Waals surface area contributed by atoms with E-state index in [1.54, 1.807) is 30.3 Å². The first-order valence-corrected chi connectivity index (χ1v) is 9.87. The molecule has 7 nitrogen and oxygen atoms in total. The van der Waals surface area contributed by atoms with Crippen LogP contribution in [0.1, 0.15) is 57.2 Å². The van der Waals surface area contributed by atoms with Crippen LogP contribution in [0.4, 0.5) is 0 Å². The highest BCUT2D eigenvalue weighted by molar-refractivity contribution is 6.00. The third-order valence-electron chi connectivity index (χ3n) is 5.22. The molecule has 162 valence electrons. The van der Waals surface area contributed by atoms with Gasteiger partial charge in [-0.05, 0) is 44.4 Å². The molecule has 0 atom stereocenters. The Kier molecular flexibility index (Phi) is 6.74. The summed E-state index contributed by atoms with van der Waals surface area (Å²) in [7, 11) is 1.51. The number of rotatable bonds is 8. The molecule has 1 aliphatic heterocycles. The third-order valence-corrected chi connectivity index (χ3v) is 5.22. The fourth-order valence-electron chi connectivity index (χ4n) is 3.53. The molecule has 0 radical (unpaired) electrons. The van der Waals surface area contributed by atoms with Gasteiger partial charge in [-0.15, -0.1) is 0 Å². The smallest absolute Gasteiger partial charge is 0.343 e. The molecule has 0 saturated heterocycles. The van der Waals surface area contributed by atoms with Crippen LogP contribution >= 0.6 is 0 Å². The van der Waals surface area contributed by atoms with Gasteiger partial charge in [-0.3, -0.25) is 4.79 Å². The minimum atomic E-state index is -0.876. The molecule has 0 fully saturated rings. The highest BCUT2D eigenvalue weighted by Crippen LogP contribution is 2.43. The fraction of sp³-hybridized carbons (Fsp3) is 0.292. The molecule has 2 aromatic rings. The Morgan fingerprint density at radius 3 is 2.52 bits per heavy atom. The van der Waals surface area contributed by atoms with E-state index in [0.29, 0.717) is 35.3 Å². The van der Waals surface area contributed by atoms with Gasteiger partial charge in [-0.2, -0.15) is 0 Å². The Hall–Kier alpha value is -3.61. The lowest BCUT2D eigenvalue weighted by Crippen LogP contribution is -2.14. The Balaban J connectivity index is 2.07. The van der Waals surface area contributed by atoms with E-state index < -0.39 is 17.9 Å². The van der Waals surface area contributed by atoms with Crippen LogP contribution in [0, 0.1) is 6.92 Å². The van der Waals surface area contributed by atoms with Crippen LogP contribution < -0.4 is 9.47 Å². The van der Waals surface area contributed by atoms with Crippen molar-refractivity contribution >= 4 is 17.9 Å². The predicted molar refractivity (Wildman–Crippen MR) is 113 cm³/mol. The quantitative estimate of drug-likeness (QED) is 0.384. The SMILES string of the molecule is COc1c(C)c2c(c(OC(=O)c3ccccc3)c1C/C=C(\C)CCC(=O)O)C(=O)OC2. The molecule has 7 heteroatoms. The predicted octanol–water partition coefficient (Wildman–Crippen LogP) is 4.25. The van der Waals surface area contributed by atoms with E-state index in [1.165, 1.54) is 7.11 Å². The number of carbonyl (C=O) groups excluding carboxylic acids is 2. The van der Waals surface area contributed by atoms with Gasteiger partial charge in [0.1, 0.15) is 17.9 Å². The van der Waals surface area contributed by atoms with E-state index in [0.717, 1.165) is 11.1 Å². The first-order valence-electron chi connectivity index (χ1n) is 9.87. The van der Waals surface area contributed by atoms with Gasteiger partial charge in [-0.1, -0.05) is 29.8 Å². The molecule has 0 amide bonds. The number of benzene rings is 2. The van der Waals surface area contributed by atoms with Crippen LogP contribution in [0.2, 0.25) is 0 Å². The Labute approximate surface area is 180 Å². The van der Waals surface area contributed by atoms with Gasteiger partial charge >= 0.3 is 17.9 Å². The largest absolute Gasteiger partial charge is 0.496 e. The zero-order chi connectivity index (χ0) is 22.5. The van der Waals surface area contributed by atoms with Crippen molar-refractivity contribution in [3.05, 3.63) is 69.8 Å². The van der Waals surface area contributed by atoms with E-state index in [1.807, 2.05) is 19.9 Å². The summed E-state index contributed by atoms with van der Waals surface area (Å²) in [5.41, 5.74) is 3.36. The Morgan fingerprint density at radius 1 is 1.16 bits per heavy atom. The van der Waals surface area contributed by atoms with Crippen molar-refractivity contribution in [3.63, 3.8) is 0 Å². The molecule has 1 heterocycles. The van der Waals surface area contributed by atoms with Gasteiger partial charge in [0.25, 0.3) is 0 Å². The van der Waals surface area contributed by atoms with Crippen molar-refractivity contribution in [2.24, 2.45) is 0 Å². The summed E-state index contributed by atoms with van der Waals surface area (Å²) >= 11 is 0. The minimum absolute atomic E-state index is 0.0187. The lowest BCUT2D eigenvalue weighted by molar-refractivity contribution is -0.136. The lowest BCUT2D eigenvalue weighted by Gasteiger charge is -2.19. The number of hydrogen-bond acceptors (Lipinski definition) is 6. The van der Waals surface area contributed by atoms with Gasteiger partial charge in [0.2, 0.25) is 0 Å². The molecule has 1 N–H and O–H groups in total. The number of esters is 2. The van der Waals surface area contributed by atoms with Gasteiger partial charge < -0.3 is 19.3 Å². The molecule has 0 saturated carbocycles. The third kappa shape index (κ3) is 4.77. The minimum Gasteiger partial charge on any atom is -0.496 e. The topological polar surface area (TPSA) is 99.1 Å². The highest BCUT2D eigenvalue weighted by Gasteiger charge is 2.34. The number of methoxy groups -OCH3 is 1. The monoisotopic (exact) mass is 424 g/mol. The van der Waals surface area contributed by atoms with Crippen LogP contribution in [-0.4, -0.2) is 30.1 Å². The average molecular weight is 424 g/mol. The second-order valence-electron chi connectivity index (χ2n) is 7.30. The van der Waals surface area contributed by atoms with Gasteiger partial charge in [0.05, 0.1) is 12.7 Å². The lowest BCUT2D eigenvalue weighted by atomic mass is 9.94. The average Bonchev–Trinajstić information content (AvgIpc) is 3.15. The fourth-order valence-corrected chi connectivity index (χ4v) is 3.53. The Bertz CT molecular complexity index is 1050. The van der Waals surface area contributed by atoms with Gasteiger partial charge in [0.15, 0.2) is 5.75 Å². The molecule has 2 aromatic carbocycles. The van der Waals surface area contributed by atoms with Crippen molar-refractivity contribution in [2.75, 3.05) is 7.11 Å². The molecule has 0 aromatic heterocycles. The van der Waals surface area contributed by atoms with Crippen molar-refractivity contribution < 1.29 is 33.7 Å². The maximum atomic E-state index is 12.8. The molecule has 0 aliphatic carbocycles. The maximum absolute atomic E-state index is 12.8. The highest BCUT2D eigenvalue weighted by atomic mass is 16.6. The van der Waals surface area contributed by atoms with Crippen molar-refractivity contribution in [2.45, 2.75) is 39.7 Å². The van der Waals surface area contributed by atoms with Gasteiger partial charge in [-0.25, -0.2) is 9.59 Å². The first-order chi connectivity index (χ1) is 14.8. The normalized spacial score (nSPS) is 12.9. The number of hydrogen-bond donors (Lipinski definition) is 1. The molecule has 1 aliphatic rings. The van der Waals surface area contributed by atoms with Crippen LogP contribution in [-0.2, 0) is 22.6 Å². The number of carboxylic acids is 1. The molecule has 3 rings (SSSR count). The molecule has 0 bridgehead atoms. The van der Waals surface area contributed by atoms with Crippen molar-refractivity contribution in [1.29, 1.82) is 0 Å². The number of fused-ring (bicyclic) bond motifs is 1. The standard InChI is InChI=1S/C24H24O7/c1-14(10-12-19(25)26)9-11-17-21(29-3)15(2)18-13-30-24(28)20(18)22(17)31-23(27)16-7-5-4-6-8-16/h4-9H,10-13H2,1-3H3,(H,25,26)/b14-9+. The van der Waals surface area contributed by atoms with Crippen molar-refractivity contribution in [1.82, 2.24) is 0 Å². The number of carbonyl (C=O) groups is 3. The van der Waals surface area contributed by atoms with Crippen LogP contribution in [0.15, 0.2) is 42.0 Å². The molecule has 0 unspecified atom stereocenters. The van der Waals surface area contributed by atoms with Crippen molar-refractivity contribution in [3.8, 4) is 11.5 Å². The zero-order valence-corrected chi connectivity index (χ0v) is 17.7. The summed E-state index contributed by atoms with van der Waals surface area (Å²) < 4.78 is 16.6. The second kappa shape index (κ2) is 9.47. The Morgan fingerprint density at radius 2 is 1.87 bits per heavy atom. The first kappa shape index (κ1) is 22.1. The van der Waals surface area contributed by atoms with Crippen LogP contribution in [0.5, 0.6) is 11.5 Å². The summed E-state index contributed by atoms with van der Waals surface area (Å²) in [4.78, 5) is 36.1. The van der Waals surface area contributed by atoms with E-state index >= 15 is 0 Å². The van der Waals surface area contributed by atoms with E-state index in [4.69, 9.17) is 19.3 Å². The number of ether oxygens (including phenoxy) is 3. The number of aliphatic carboxylic acids is 1. The van der Waals surface area contributed by atoms with E-state index in [9.17, 15) is 14.4 Å². The van der Waals surface area contributed by atoms with E-state index in [-0.39, 0.29) is 24.3 Å². The zero-order valence-electron chi connectivity index (χ0n) is 17.7. The summed E-state index contributed by atoms with van der Waals surface area (Å²) in [5.74, 6) is -1.39. The maximum Gasteiger partial charge on any atom is 0.343 e. The molecule has 31 heavy (non-hydrogen) atoms. The molecular formula is C24H24O7. The van der Waals surface area contributed by atoms with Crippen LogP contribution in [0.3, 0.4) is 0 Å².